The number of benzene rings is 2. The highest BCUT2D eigenvalue weighted by molar-refractivity contribution is 8.27. The fourth-order valence-corrected chi connectivity index (χ4v) is 5.59. The Labute approximate surface area is 185 Å². The molecule has 0 radical (unpaired) electrons. The summed E-state index contributed by atoms with van der Waals surface area (Å²) < 4.78 is 6.67. The molecule has 1 unspecified atom stereocenters. The van der Waals surface area contributed by atoms with Crippen LogP contribution in [0.2, 0.25) is 0 Å². The summed E-state index contributed by atoms with van der Waals surface area (Å²) in [5.41, 5.74) is 5.11. The maximum absolute atomic E-state index is 13.0. The number of fused-ring (bicyclic) bond motifs is 2. The number of thiazole rings is 1. The highest BCUT2D eigenvalue weighted by Crippen LogP contribution is 2.39. The monoisotopic (exact) mass is 453 g/mol. The molecule has 1 N–H and O–H groups in total. The van der Waals surface area contributed by atoms with Gasteiger partial charge in [-0.3, -0.25) is 14.5 Å². The lowest BCUT2D eigenvalue weighted by atomic mass is 9.96. The normalized spacial score (nSPS) is 19.4. The molecule has 1 fully saturated rings. The number of thiocarbonyl (C=S) groups is 1. The molecule has 9 heteroatoms. The van der Waals surface area contributed by atoms with Crippen LogP contribution in [0, 0.1) is 0 Å². The van der Waals surface area contributed by atoms with Gasteiger partial charge >= 0.3 is 0 Å². The van der Waals surface area contributed by atoms with E-state index in [4.69, 9.17) is 17.0 Å². The van der Waals surface area contributed by atoms with E-state index in [1.807, 2.05) is 36.4 Å². The van der Waals surface area contributed by atoms with Gasteiger partial charge in [0.2, 0.25) is 0 Å². The lowest BCUT2D eigenvalue weighted by molar-refractivity contribution is -0.117. The van der Waals surface area contributed by atoms with Crippen molar-refractivity contribution < 1.29 is 14.3 Å². The van der Waals surface area contributed by atoms with Crippen LogP contribution >= 0.6 is 35.3 Å². The van der Waals surface area contributed by atoms with Gasteiger partial charge in [-0.05, 0) is 42.0 Å². The largest absolute Gasteiger partial charge is 0.497 e. The summed E-state index contributed by atoms with van der Waals surface area (Å²) in [6.07, 6.45) is 1.42. The van der Waals surface area contributed by atoms with E-state index in [2.05, 4.69) is 10.3 Å². The fraction of sp³-hybridized carbons (Fsp3) is 0.143. The van der Waals surface area contributed by atoms with Crippen LogP contribution in [0.1, 0.15) is 11.5 Å². The first-order chi connectivity index (χ1) is 14.5. The van der Waals surface area contributed by atoms with Crippen molar-refractivity contribution in [3.05, 3.63) is 58.5 Å². The minimum atomic E-state index is -0.368. The number of methoxy groups -OCH3 is 1. The molecule has 1 amide bonds. The van der Waals surface area contributed by atoms with Gasteiger partial charge in [0.25, 0.3) is 5.91 Å². The first-order valence-electron chi connectivity index (χ1n) is 9.12. The van der Waals surface area contributed by atoms with Crippen LogP contribution in [0.25, 0.3) is 10.2 Å². The second-order valence-electron chi connectivity index (χ2n) is 6.81. The number of hydrogen-bond acceptors (Lipinski definition) is 8. The maximum Gasteiger partial charge on any atom is 0.270 e. The average Bonchev–Trinajstić information content (AvgIpc) is 3.44. The van der Waals surface area contributed by atoms with E-state index >= 15 is 0 Å². The molecule has 2 aliphatic rings. The number of anilines is 2. The van der Waals surface area contributed by atoms with E-state index in [0.717, 1.165) is 33.2 Å². The third-order valence-corrected chi connectivity index (χ3v) is 7.21. The molecule has 1 atom stereocenters. The van der Waals surface area contributed by atoms with Gasteiger partial charge in [-0.2, -0.15) is 0 Å². The first kappa shape index (κ1) is 19.2. The highest BCUT2D eigenvalue weighted by atomic mass is 32.2. The number of thioether (sulfide) groups is 1. The number of aromatic nitrogens is 1. The Morgan fingerprint density at radius 2 is 2.20 bits per heavy atom. The molecule has 2 aromatic carbocycles. The molecule has 3 aromatic rings. The Hall–Kier alpha value is -2.75. The van der Waals surface area contributed by atoms with E-state index in [0.29, 0.717) is 27.2 Å². The lowest BCUT2D eigenvalue weighted by Crippen LogP contribution is -2.27. The molecular formula is C21H15N3O3S3. The SMILES string of the molecule is COc1ccc2c(c1)C(C(=O)C=C1SC(=S)N(c3ccc4ncsc4c3)C1=O)CN2. The van der Waals surface area contributed by atoms with E-state index in [9.17, 15) is 9.59 Å². The van der Waals surface area contributed by atoms with Gasteiger partial charge in [-0.15, -0.1) is 11.3 Å². The average molecular weight is 454 g/mol. The van der Waals surface area contributed by atoms with Crippen molar-refractivity contribution in [2.24, 2.45) is 0 Å². The van der Waals surface area contributed by atoms with Gasteiger partial charge in [-0.1, -0.05) is 24.0 Å². The first-order valence-corrected chi connectivity index (χ1v) is 11.2. The summed E-state index contributed by atoms with van der Waals surface area (Å²) in [7, 11) is 1.59. The minimum absolute atomic E-state index is 0.132. The highest BCUT2D eigenvalue weighted by Gasteiger charge is 2.36. The predicted octanol–water partition coefficient (Wildman–Crippen LogP) is 4.33. The van der Waals surface area contributed by atoms with Crippen LogP contribution in [0.5, 0.6) is 5.75 Å². The van der Waals surface area contributed by atoms with Crippen LogP contribution in [-0.2, 0) is 9.59 Å². The van der Waals surface area contributed by atoms with Crippen LogP contribution < -0.4 is 15.0 Å². The number of hydrogen-bond donors (Lipinski definition) is 1. The topological polar surface area (TPSA) is 71.5 Å². The molecule has 0 aliphatic carbocycles. The molecule has 2 aliphatic heterocycles. The standard InChI is InChI=1S/C21H15N3O3S3/c1-27-12-3-5-15-13(7-12)14(9-22-15)17(25)8-19-20(26)24(21(28)30-19)11-2-4-16-18(6-11)29-10-23-16/h2-8,10,14,22H,9H2,1H3. The molecule has 0 saturated carbocycles. The fourth-order valence-electron chi connectivity index (χ4n) is 3.60. The number of rotatable bonds is 4. The Kier molecular flexibility index (Phi) is 4.80. The van der Waals surface area contributed by atoms with E-state index in [-0.39, 0.29) is 17.6 Å². The third-order valence-electron chi connectivity index (χ3n) is 5.11. The Bertz CT molecular complexity index is 1250. The van der Waals surface area contributed by atoms with Gasteiger partial charge < -0.3 is 10.1 Å². The molecule has 5 rings (SSSR count). The molecule has 30 heavy (non-hydrogen) atoms. The van der Waals surface area contributed by atoms with Crippen molar-refractivity contribution in [3.63, 3.8) is 0 Å². The second kappa shape index (κ2) is 7.50. The zero-order valence-electron chi connectivity index (χ0n) is 15.7. The van der Waals surface area contributed by atoms with Crippen LogP contribution in [0.15, 0.2) is 52.9 Å². The molecule has 6 nitrogen and oxygen atoms in total. The predicted molar refractivity (Wildman–Crippen MR) is 125 cm³/mol. The number of carbonyl (C=O) groups excluding carboxylic acids is 2. The van der Waals surface area contributed by atoms with Crippen molar-refractivity contribution >= 4 is 72.9 Å². The van der Waals surface area contributed by atoms with Crippen molar-refractivity contribution in [2.45, 2.75) is 5.92 Å². The molecule has 1 saturated heterocycles. The second-order valence-corrected chi connectivity index (χ2v) is 9.37. The van der Waals surface area contributed by atoms with E-state index in [1.54, 1.807) is 12.6 Å². The smallest absolute Gasteiger partial charge is 0.270 e. The number of ketones is 1. The third kappa shape index (κ3) is 3.19. The number of allylic oxidation sites excluding steroid dienone is 1. The van der Waals surface area contributed by atoms with Gasteiger partial charge in [0.1, 0.15) is 5.75 Å². The van der Waals surface area contributed by atoms with E-state index < -0.39 is 0 Å². The summed E-state index contributed by atoms with van der Waals surface area (Å²) in [6, 6.07) is 11.2. The number of nitrogens with one attached hydrogen (secondary N) is 1. The summed E-state index contributed by atoms with van der Waals surface area (Å²) in [5.74, 6) is -0.0841. The lowest BCUT2D eigenvalue weighted by Gasteiger charge is -2.14. The molecule has 3 heterocycles. The van der Waals surface area contributed by atoms with Crippen LogP contribution in [0.3, 0.4) is 0 Å². The summed E-state index contributed by atoms with van der Waals surface area (Å²) in [6.45, 7) is 0.486. The van der Waals surface area contributed by atoms with E-state index in [1.165, 1.54) is 22.3 Å². The van der Waals surface area contributed by atoms with Crippen molar-refractivity contribution in [2.75, 3.05) is 23.9 Å². The maximum atomic E-state index is 13.0. The molecule has 150 valence electrons. The zero-order chi connectivity index (χ0) is 20.8. The van der Waals surface area contributed by atoms with Crippen LogP contribution in [-0.4, -0.2) is 34.6 Å². The van der Waals surface area contributed by atoms with Gasteiger partial charge in [0.05, 0.1) is 39.3 Å². The quantitative estimate of drug-likeness (QED) is 0.466. The van der Waals surface area contributed by atoms with Gasteiger partial charge in [0.15, 0.2) is 10.1 Å². The molecule has 0 bridgehead atoms. The summed E-state index contributed by atoms with van der Waals surface area (Å²) >= 11 is 8.09. The number of ether oxygens (including phenoxy) is 1. The Morgan fingerprint density at radius 1 is 1.33 bits per heavy atom. The Balaban J connectivity index is 1.42. The number of carbonyl (C=O) groups is 2. The number of nitrogens with zero attached hydrogens (tertiary/aromatic N) is 2. The summed E-state index contributed by atoms with van der Waals surface area (Å²) in [4.78, 5) is 32.1. The molecule has 0 spiro atoms. The zero-order valence-corrected chi connectivity index (χ0v) is 18.2. The number of amides is 1. The van der Waals surface area contributed by atoms with Crippen molar-refractivity contribution in [3.8, 4) is 5.75 Å². The molecule has 1 aromatic heterocycles. The van der Waals surface area contributed by atoms with Crippen molar-refractivity contribution in [1.29, 1.82) is 0 Å². The molecular weight excluding hydrogens is 438 g/mol. The minimum Gasteiger partial charge on any atom is -0.497 e. The van der Waals surface area contributed by atoms with Gasteiger partial charge in [0, 0.05) is 18.3 Å². The Morgan fingerprint density at radius 3 is 3.03 bits per heavy atom. The summed E-state index contributed by atoms with van der Waals surface area (Å²) in [5, 5.41) is 3.24. The van der Waals surface area contributed by atoms with Gasteiger partial charge in [-0.25, -0.2) is 4.98 Å². The van der Waals surface area contributed by atoms with Crippen LogP contribution in [0.4, 0.5) is 11.4 Å². The van der Waals surface area contributed by atoms with Crippen molar-refractivity contribution in [1.82, 2.24) is 4.98 Å².